The fourth-order valence-corrected chi connectivity index (χ4v) is 6.34. The number of rotatable bonds is 3. The summed E-state index contributed by atoms with van der Waals surface area (Å²) in [5.41, 5.74) is 2.82. The molecule has 2 aromatic carbocycles. The monoisotopic (exact) mass is 345 g/mol. The molecule has 0 aromatic heterocycles. The summed E-state index contributed by atoms with van der Waals surface area (Å²) in [5.74, 6) is -0.317. The Hall–Kier alpha value is -1.72. The van der Waals surface area contributed by atoms with Crippen molar-refractivity contribution in [2.24, 2.45) is 0 Å². The van der Waals surface area contributed by atoms with Gasteiger partial charge in [-0.05, 0) is 54.5 Å². The Bertz CT molecular complexity index is 865. The number of sulfonamides is 1. The second kappa shape index (κ2) is 5.97. The van der Waals surface area contributed by atoms with Crippen molar-refractivity contribution in [1.29, 1.82) is 0 Å². The first-order valence-corrected chi connectivity index (χ1v) is 9.91. The van der Waals surface area contributed by atoms with Crippen molar-refractivity contribution in [3.05, 3.63) is 71.0 Å². The lowest BCUT2D eigenvalue weighted by molar-refractivity contribution is 0.388. The Morgan fingerprint density at radius 1 is 1.04 bits per heavy atom. The molecule has 1 saturated heterocycles. The van der Waals surface area contributed by atoms with E-state index in [1.165, 1.54) is 12.1 Å². The van der Waals surface area contributed by atoms with E-state index < -0.39 is 15.3 Å². The third kappa shape index (κ3) is 2.56. The largest absolute Gasteiger partial charge is 0.221 e. The van der Waals surface area contributed by atoms with E-state index in [0.29, 0.717) is 13.0 Å². The van der Waals surface area contributed by atoms with Gasteiger partial charge in [0.2, 0.25) is 10.0 Å². The van der Waals surface area contributed by atoms with Gasteiger partial charge in [0.1, 0.15) is 11.1 Å². The van der Waals surface area contributed by atoms with Crippen molar-refractivity contribution >= 4 is 10.0 Å². The van der Waals surface area contributed by atoms with Gasteiger partial charge in [-0.15, -0.1) is 0 Å². The lowest BCUT2D eigenvalue weighted by Crippen LogP contribution is -2.34. The van der Waals surface area contributed by atoms with Crippen LogP contribution >= 0.6 is 0 Å². The highest BCUT2D eigenvalue weighted by molar-refractivity contribution is 7.89. The minimum atomic E-state index is -3.45. The predicted molar refractivity (Wildman–Crippen MR) is 91.5 cm³/mol. The zero-order chi connectivity index (χ0) is 16.7. The van der Waals surface area contributed by atoms with Crippen molar-refractivity contribution < 1.29 is 12.8 Å². The van der Waals surface area contributed by atoms with Crippen molar-refractivity contribution in [2.45, 2.75) is 37.0 Å². The molecule has 2 aliphatic rings. The number of aryl methyl sites for hydroxylation is 1. The summed E-state index contributed by atoms with van der Waals surface area (Å²) in [7, 11) is -3.45. The van der Waals surface area contributed by atoms with E-state index in [0.717, 1.165) is 36.0 Å². The Balaban J connectivity index is 1.69. The molecule has 4 rings (SSSR count). The summed E-state index contributed by atoms with van der Waals surface area (Å²) in [6.45, 7) is 0.516. The molecule has 126 valence electrons. The van der Waals surface area contributed by atoms with Crippen LogP contribution in [0.4, 0.5) is 4.39 Å². The van der Waals surface area contributed by atoms with E-state index in [2.05, 4.69) is 0 Å². The molecule has 5 heteroatoms. The topological polar surface area (TPSA) is 37.4 Å². The number of halogens is 1. The second-order valence-corrected chi connectivity index (χ2v) is 8.66. The fraction of sp³-hybridized carbons (Fsp3) is 0.368. The summed E-state index contributed by atoms with van der Waals surface area (Å²) in [4.78, 5) is 0. The van der Waals surface area contributed by atoms with E-state index in [4.69, 9.17) is 0 Å². The summed E-state index contributed by atoms with van der Waals surface area (Å²) >= 11 is 0. The normalized spacial score (nSPS) is 24.2. The summed E-state index contributed by atoms with van der Waals surface area (Å²) in [6, 6.07) is 13.9. The minimum absolute atomic E-state index is 0.251. The smallest absolute Gasteiger partial charge is 0.212 e. The number of benzene rings is 2. The summed E-state index contributed by atoms with van der Waals surface area (Å²) in [5, 5.41) is -0.470. The van der Waals surface area contributed by atoms with Gasteiger partial charge in [-0.25, -0.2) is 12.8 Å². The molecule has 0 saturated carbocycles. The molecule has 1 fully saturated rings. The van der Waals surface area contributed by atoms with Crippen LogP contribution in [0.5, 0.6) is 0 Å². The number of fused-ring (bicyclic) bond motifs is 1. The third-order valence-electron chi connectivity index (χ3n) is 5.20. The van der Waals surface area contributed by atoms with Gasteiger partial charge in [-0.1, -0.05) is 36.4 Å². The Kier molecular flexibility index (Phi) is 3.93. The molecule has 2 atom stereocenters. The molecule has 1 aliphatic heterocycles. The van der Waals surface area contributed by atoms with Crippen LogP contribution in [-0.2, 0) is 16.4 Å². The Morgan fingerprint density at radius 3 is 2.71 bits per heavy atom. The molecule has 0 spiro atoms. The third-order valence-corrected chi connectivity index (χ3v) is 7.50. The Morgan fingerprint density at radius 2 is 1.88 bits per heavy atom. The first-order valence-electron chi connectivity index (χ1n) is 8.41. The first-order chi connectivity index (χ1) is 11.6. The van der Waals surface area contributed by atoms with E-state index in [1.807, 2.05) is 30.3 Å². The quantitative estimate of drug-likeness (QED) is 0.844. The summed E-state index contributed by atoms with van der Waals surface area (Å²) < 4.78 is 41.8. The van der Waals surface area contributed by atoms with Gasteiger partial charge < -0.3 is 0 Å². The summed E-state index contributed by atoms with van der Waals surface area (Å²) in [6.07, 6.45) is 3.00. The fourth-order valence-electron chi connectivity index (χ4n) is 4.08. The second-order valence-electron chi connectivity index (χ2n) is 6.59. The molecular weight excluding hydrogens is 325 g/mol. The van der Waals surface area contributed by atoms with E-state index in [-0.39, 0.29) is 11.9 Å². The van der Waals surface area contributed by atoms with Crippen LogP contribution in [0, 0.1) is 5.82 Å². The van der Waals surface area contributed by atoms with Crippen molar-refractivity contribution in [2.75, 3.05) is 6.54 Å². The van der Waals surface area contributed by atoms with Gasteiger partial charge in [0.05, 0.1) is 0 Å². The lowest BCUT2D eigenvalue weighted by atomic mass is 10.1. The molecule has 0 amide bonds. The van der Waals surface area contributed by atoms with Crippen LogP contribution < -0.4 is 0 Å². The van der Waals surface area contributed by atoms with Crippen LogP contribution in [0.3, 0.4) is 0 Å². The van der Waals surface area contributed by atoms with Crippen LogP contribution in [-0.4, -0.2) is 19.3 Å². The van der Waals surface area contributed by atoms with Gasteiger partial charge in [-0.3, -0.25) is 0 Å². The molecule has 24 heavy (non-hydrogen) atoms. The van der Waals surface area contributed by atoms with Gasteiger partial charge in [0.15, 0.2) is 0 Å². The number of hydrogen-bond donors (Lipinski definition) is 0. The molecule has 1 heterocycles. The SMILES string of the molecule is O=S(=O)(C1CCc2ccccc21)N1CCCC1c1cccc(F)c1. The average molecular weight is 345 g/mol. The number of nitrogens with zero attached hydrogens (tertiary/aromatic N) is 1. The highest BCUT2D eigenvalue weighted by atomic mass is 32.2. The molecule has 0 radical (unpaired) electrons. The van der Waals surface area contributed by atoms with Gasteiger partial charge >= 0.3 is 0 Å². The van der Waals surface area contributed by atoms with E-state index in [1.54, 1.807) is 10.4 Å². The van der Waals surface area contributed by atoms with Crippen LogP contribution in [0.15, 0.2) is 48.5 Å². The van der Waals surface area contributed by atoms with Gasteiger partial charge in [0, 0.05) is 12.6 Å². The van der Waals surface area contributed by atoms with Crippen LogP contribution in [0.1, 0.15) is 47.2 Å². The van der Waals surface area contributed by atoms with Gasteiger partial charge in [0.25, 0.3) is 0 Å². The standard InChI is InChI=1S/C19H20FNO2S/c20-16-7-3-6-15(13-16)18-9-4-12-21(18)24(22,23)19-11-10-14-5-1-2-8-17(14)19/h1-3,5-8,13,18-19H,4,9-12H2. The van der Waals surface area contributed by atoms with Crippen LogP contribution in [0.2, 0.25) is 0 Å². The van der Waals surface area contributed by atoms with Gasteiger partial charge in [-0.2, -0.15) is 4.31 Å². The van der Waals surface area contributed by atoms with Crippen molar-refractivity contribution in [3.8, 4) is 0 Å². The minimum Gasteiger partial charge on any atom is -0.212 e. The zero-order valence-corrected chi connectivity index (χ0v) is 14.2. The first kappa shape index (κ1) is 15.8. The Labute approximate surface area is 142 Å². The maximum atomic E-state index is 13.6. The molecular formula is C19H20FNO2S. The highest BCUT2D eigenvalue weighted by Crippen LogP contribution is 2.43. The molecule has 3 nitrogen and oxygen atoms in total. The number of hydrogen-bond acceptors (Lipinski definition) is 2. The van der Waals surface area contributed by atoms with E-state index >= 15 is 0 Å². The lowest BCUT2D eigenvalue weighted by Gasteiger charge is -2.28. The van der Waals surface area contributed by atoms with Crippen molar-refractivity contribution in [1.82, 2.24) is 4.31 Å². The van der Waals surface area contributed by atoms with Crippen molar-refractivity contribution in [3.63, 3.8) is 0 Å². The van der Waals surface area contributed by atoms with Crippen LogP contribution in [0.25, 0.3) is 0 Å². The molecule has 2 unspecified atom stereocenters. The molecule has 0 N–H and O–H groups in total. The molecule has 0 bridgehead atoms. The molecule has 1 aliphatic carbocycles. The molecule has 2 aromatic rings. The predicted octanol–water partition coefficient (Wildman–Crippen LogP) is 3.98. The maximum Gasteiger partial charge on any atom is 0.221 e. The maximum absolute atomic E-state index is 13.6. The highest BCUT2D eigenvalue weighted by Gasteiger charge is 2.42. The van der Waals surface area contributed by atoms with E-state index in [9.17, 15) is 12.8 Å². The zero-order valence-electron chi connectivity index (χ0n) is 13.4. The average Bonchev–Trinajstić information content (AvgIpc) is 3.22.